The standard InChI is InChI=1S/C18H22F2N4O4/c1-3-8-24-15(21)14(16(26)22-18(24)27)13(25)10-23(2)9-11-4-6-12(7-5-11)28-17(19)20/h4-7,17H,3,8-10,21H2,1-2H3,(H,22,26,27)/p+1. The highest BCUT2D eigenvalue weighted by molar-refractivity contribution is 6.00. The summed E-state index contributed by atoms with van der Waals surface area (Å²) >= 11 is 0. The van der Waals surface area contributed by atoms with Crippen LogP contribution in [-0.4, -0.2) is 35.5 Å². The van der Waals surface area contributed by atoms with E-state index in [2.05, 4.69) is 9.72 Å². The zero-order valence-electron chi connectivity index (χ0n) is 15.6. The SMILES string of the molecule is CCCn1c(N)c(C(=O)C[NH+](C)Cc2ccc(OC(F)F)cc2)c(=O)[nH]c1=O. The molecule has 2 aromatic rings. The number of aromatic nitrogens is 2. The van der Waals surface area contributed by atoms with Crippen molar-refractivity contribution in [1.29, 1.82) is 0 Å². The van der Waals surface area contributed by atoms with E-state index in [1.807, 2.05) is 6.92 Å². The number of ketones is 1. The molecular weight excluding hydrogens is 374 g/mol. The molecular formula is C18H23F2N4O4+. The fourth-order valence-corrected chi connectivity index (χ4v) is 2.87. The molecule has 0 spiro atoms. The topological polar surface area (TPSA) is 112 Å². The van der Waals surface area contributed by atoms with Crippen molar-refractivity contribution in [1.82, 2.24) is 9.55 Å². The van der Waals surface area contributed by atoms with Gasteiger partial charge in [-0.15, -0.1) is 0 Å². The summed E-state index contributed by atoms with van der Waals surface area (Å²) in [4.78, 5) is 39.4. The van der Waals surface area contributed by atoms with Crippen LogP contribution in [0.4, 0.5) is 14.6 Å². The highest BCUT2D eigenvalue weighted by Crippen LogP contribution is 2.14. The Kier molecular flexibility index (Phi) is 7.05. The van der Waals surface area contributed by atoms with Crippen LogP contribution in [0.1, 0.15) is 29.3 Å². The predicted octanol–water partition coefficient (Wildman–Crippen LogP) is 0.0278. The summed E-state index contributed by atoms with van der Waals surface area (Å²) in [5.41, 5.74) is 5.01. The van der Waals surface area contributed by atoms with Crippen molar-refractivity contribution in [3.8, 4) is 5.75 Å². The number of halogens is 2. The van der Waals surface area contributed by atoms with Gasteiger partial charge in [-0.3, -0.25) is 19.1 Å². The van der Waals surface area contributed by atoms with Gasteiger partial charge in [0.15, 0.2) is 0 Å². The van der Waals surface area contributed by atoms with E-state index < -0.39 is 23.6 Å². The molecule has 0 radical (unpaired) electrons. The number of alkyl halides is 2. The fraction of sp³-hybridized carbons (Fsp3) is 0.389. The van der Waals surface area contributed by atoms with E-state index in [9.17, 15) is 23.2 Å². The number of nitrogens with one attached hydrogen (secondary N) is 2. The molecule has 1 atom stereocenters. The predicted molar refractivity (Wildman–Crippen MR) is 98.9 cm³/mol. The fourth-order valence-electron chi connectivity index (χ4n) is 2.87. The lowest BCUT2D eigenvalue weighted by Gasteiger charge is -2.15. The summed E-state index contributed by atoms with van der Waals surface area (Å²) in [6.07, 6.45) is 0.611. The van der Waals surface area contributed by atoms with Crippen LogP contribution in [0.15, 0.2) is 33.9 Å². The molecule has 152 valence electrons. The van der Waals surface area contributed by atoms with Crippen LogP contribution >= 0.6 is 0 Å². The molecule has 0 aliphatic carbocycles. The smallest absolute Gasteiger partial charge is 0.387 e. The normalized spacial score (nSPS) is 12.2. The van der Waals surface area contributed by atoms with Gasteiger partial charge >= 0.3 is 12.3 Å². The quantitative estimate of drug-likeness (QED) is 0.517. The van der Waals surface area contributed by atoms with Gasteiger partial charge in [-0.25, -0.2) is 4.79 Å². The van der Waals surface area contributed by atoms with E-state index in [0.29, 0.717) is 13.0 Å². The van der Waals surface area contributed by atoms with Crippen LogP contribution in [0.25, 0.3) is 0 Å². The average Bonchev–Trinajstić information content (AvgIpc) is 2.59. The Labute approximate surface area is 159 Å². The number of nitrogens with two attached hydrogens (primary N) is 1. The Morgan fingerprint density at radius 3 is 2.50 bits per heavy atom. The third-order valence-corrected chi connectivity index (χ3v) is 4.08. The number of likely N-dealkylation sites (N-methyl/N-ethyl adjacent to an activating group) is 1. The molecule has 10 heteroatoms. The maximum atomic E-state index is 12.6. The van der Waals surface area contributed by atoms with Crippen LogP contribution < -0.4 is 26.6 Å². The molecule has 1 aromatic heterocycles. The minimum absolute atomic E-state index is 0.0348. The number of aromatic amines is 1. The van der Waals surface area contributed by atoms with Crippen LogP contribution in [0.2, 0.25) is 0 Å². The van der Waals surface area contributed by atoms with E-state index in [-0.39, 0.29) is 30.2 Å². The first-order valence-corrected chi connectivity index (χ1v) is 8.73. The number of benzene rings is 1. The number of quaternary nitrogens is 1. The van der Waals surface area contributed by atoms with Crippen molar-refractivity contribution >= 4 is 11.6 Å². The van der Waals surface area contributed by atoms with Crippen molar-refractivity contribution < 1.29 is 23.2 Å². The van der Waals surface area contributed by atoms with Crippen LogP contribution in [0.3, 0.4) is 0 Å². The maximum absolute atomic E-state index is 12.6. The number of H-pyrrole nitrogens is 1. The summed E-state index contributed by atoms with van der Waals surface area (Å²) < 4.78 is 29.8. The van der Waals surface area contributed by atoms with Gasteiger partial charge in [0, 0.05) is 12.1 Å². The maximum Gasteiger partial charge on any atom is 0.387 e. The summed E-state index contributed by atoms with van der Waals surface area (Å²) in [5.74, 6) is -0.578. The Bertz CT molecular complexity index is 938. The van der Waals surface area contributed by atoms with Gasteiger partial charge in [0.2, 0.25) is 5.78 Å². The Morgan fingerprint density at radius 1 is 1.29 bits per heavy atom. The second-order valence-corrected chi connectivity index (χ2v) is 6.43. The molecule has 1 heterocycles. The van der Waals surface area contributed by atoms with E-state index >= 15 is 0 Å². The van der Waals surface area contributed by atoms with Crippen LogP contribution in [-0.2, 0) is 13.1 Å². The highest BCUT2D eigenvalue weighted by Gasteiger charge is 2.22. The van der Waals surface area contributed by atoms with E-state index in [1.54, 1.807) is 19.2 Å². The van der Waals surface area contributed by atoms with Gasteiger partial charge in [-0.1, -0.05) is 6.92 Å². The zero-order valence-corrected chi connectivity index (χ0v) is 15.6. The number of nitrogen functional groups attached to an aromatic ring is 1. The number of Topliss-reactive ketones (excluding diaryl/α,β-unsaturated/α-hetero) is 1. The third kappa shape index (κ3) is 5.26. The molecule has 0 amide bonds. The van der Waals surface area contributed by atoms with Gasteiger partial charge in [0.05, 0.1) is 7.05 Å². The molecule has 2 rings (SSSR count). The molecule has 0 aliphatic heterocycles. The molecule has 0 saturated carbocycles. The number of anilines is 1. The van der Waals surface area contributed by atoms with Crippen molar-refractivity contribution in [3.05, 3.63) is 56.2 Å². The monoisotopic (exact) mass is 397 g/mol. The minimum Gasteiger partial charge on any atom is -0.435 e. The molecule has 0 bridgehead atoms. The number of carbonyl (C=O) groups excluding carboxylic acids is 1. The third-order valence-electron chi connectivity index (χ3n) is 4.08. The molecule has 0 aliphatic rings. The van der Waals surface area contributed by atoms with Gasteiger partial charge in [0.1, 0.15) is 30.2 Å². The number of rotatable bonds is 9. The van der Waals surface area contributed by atoms with Gasteiger partial charge < -0.3 is 15.4 Å². The van der Waals surface area contributed by atoms with Crippen LogP contribution in [0.5, 0.6) is 5.75 Å². The van der Waals surface area contributed by atoms with Crippen molar-refractivity contribution in [2.24, 2.45) is 0 Å². The lowest BCUT2D eigenvalue weighted by Crippen LogP contribution is -3.08. The van der Waals surface area contributed by atoms with Crippen molar-refractivity contribution in [3.63, 3.8) is 0 Å². The molecule has 1 unspecified atom stereocenters. The number of hydrogen-bond acceptors (Lipinski definition) is 5. The summed E-state index contributed by atoms with van der Waals surface area (Å²) in [7, 11) is 1.74. The number of hydrogen-bond donors (Lipinski definition) is 3. The molecule has 0 fully saturated rings. The molecule has 4 N–H and O–H groups in total. The first-order valence-electron chi connectivity index (χ1n) is 8.73. The van der Waals surface area contributed by atoms with Gasteiger partial charge in [0.25, 0.3) is 5.56 Å². The van der Waals surface area contributed by atoms with Crippen molar-refractivity contribution in [2.75, 3.05) is 19.3 Å². The van der Waals surface area contributed by atoms with Crippen molar-refractivity contribution in [2.45, 2.75) is 33.0 Å². The second-order valence-electron chi connectivity index (χ2n) is 6.43. The lowest BCUT2D eigenvalue weighted by atomic mass is 10.1. The number of nitrogens with zero attached hydrogens (tertiary/aromatic N) is 1. The van der Waals surface area contributed by atoms with E-state index in [0.717, 1.165) is 10.5 Å². The first kappa shape index (κ1) is 21.3. The van der Waals surface area contributed by atoms with Gasteiger partial charge in [-0.2, -0.15) is 8.78 Å². The summed E-state index contributed by atoms with van der Waals surface area (Å²) in [6, 6.07) is 6.07. The second kappa shape index (κ2) is 9.27. The average molecular weight is 397 g/mol. The van der Waals surface area contributed by atoms with E-state index in [1.165, 1.54) is 16.7 Å². The lowest BCUT2D eigenvalue weighted by molar-refractivity contribution is -0.884. The first-order chi connectivity index (χ1) is 13.2. The Hall–Kier alpha value is -3.01. The molecule has 1 aromatic carbocycles. The molecule has 0 saturated heterocycles. The van der Waals surface area contributed by atoms with Gasteiger partial charge in [-0.05, 0) is 30.7 Å². The van der Waals surface area contributed by atoms with E-state index in [4.69, 9.17) is 5.73 Å². The van der Waals surface area contributed by atoms with Crippen LogP contribution in [0, 0.1) is 0 Å². The molecule has 8 nitrogen and oxygen atoms in total. The molecule has 28 heavy (non-hydrogen) atoms. The Balaban J connectivity index is 2.11. The largest absolute Gasteiger partial charge is 0.435 e. The zero-order chi connectivity index (χ0) is 20.8. The summed E-state index contributed by atoms with van der Waals surface area (Å²) in [6.45, 7) is -0.387. The Morgan fingerprint density at radius 2 is 1.93 bits per heavy atom. The minimum atomic E-state index is -2.89. The highest BCUT2D eigenvalue weighted by atomic mass is 19.3. The number of carbonyl (C=O) groups is 1. The summed E-state index contributed by atoms with van der Waals surface area (Å²) in [5, 5.41) is 0. The number of ether oxygens (including phenoxy) is 1.